The number of nitrogens with zero attached hydrogens (tertiary/aromatic N) is 7. The molecule has 1 aliphatic carbocycles. The van der Waals surface area contributed by atoms with Gasteiger partial charge in [0, 0.05) is 49.2 Å². The van der Waals surface area contributed by atoms with Gasteiger partial charge in [-0.25, -0.2) is 0 Å². The third kappa shape index (κ3) is 4.95. The first-order valence-electron chi connectivity index (χ1n) is 11.7. The molecule has 3 heterocycles. The van der Waals surface area contributed by atoms with Gasteiger partial charge in [-0.1, -0.05) is 11.6 Å². The monoisotopic (exact) mass is 517 g/mol. The summed E-state index contributed by atoms with van der Waals surface area (Å²) in [6, 6.07) is 7.62. The standard InChI is InChI=1S/C24H23ClF3N7O/c25-17-5-6-19-18(10-17)22(16(11-29)12-30-19)34(13-15-3-4-15)7-1-2-21(36)33-8-9-35-20(14-33)31-32-23(35)24(26,27)28/h5-6,10,12,15H,1-4,7-9,13-14H2. The van der Waals surface area contributed by atoms with Gasteiger partial charge in [-0.15, -0.1) is 10.2 Å². The van der Waals surface area contributed by atoms with E-state index in [1.807, 2.05) is 12.1 Å². The first-order valence-corrected chi connectivity index (χ1v) is 12.1. The van der Waals surface area contributed by atoms with Gasteiger partial charge in [0.05, 0.1) is 23.3 Å². The number of amides is 1. The molecule has 0 spiro atoms. The molecule has 5 rings (SSSR count). The Morgan fingerprint density at radius 2 is 2.06 bits per heavy atom. The van der Waals surface area contributed by atoms with Crippen LogP contribution in [-0.2, 0) is 24.1 Å². The predicted molar refractivity (Wildman–Crippen MR) is 126 cm³/mol. The number of hydrogen-bond acceptors (Lipinski definition) is 6. The van der Waals surface area contributed by atoms with Crippen molar-refractivity contribution in [2.45, 2.75) is 44.9 Å². The molecule has 1 aliphatic heterocycles. The minimum atomic E-state index is -4.58. The second kappa shape index (κ2) is 9.58. The number of nitriles is 1. The molecule has 3 aromatic rings. The van der Waals surface area contributed by atoms with E-state index in [2.05, 4.69) is 26.2 Å². The van der Waals surface area contributed by atoms with Gasteiger partial charge in [0.15, 0.2) is 5.82 Å². The van der Waals surface area contributed by atoms with E-state index < -0.39 is 12.0 Å². The molecule has 0 radical (unpaired) electrons. The Hall–Kier alpha value is -3.39. The molecule has 0 atom stereocenters. The Morgan fingerprint density at radius 3 is 2.78 bits per heavy atom. The number of benzene rings is 1. The SMILES string of the molecule is N#Cc1cnc2ccc(Cl)cc2c1N(CCCC(=O)N1CCn2c(nnc2C(F)(F)F)C1)CC1CC1. The summed E-state index contributed by atoms with van der Waals surface area (Å²) in [6.45, 7) is 1.49. The van der Waals surface area contributed by atoms with E-state index in [0.29, 0.717) is 29.5 Å². The second-order valence-corrected chi connectivity index (χ2v) is 9.63. The third-order valence-electron chi connectivity index (χ3n) is 6.59. The molecular formula is C24H23ClF3N7O. The second-order valence-electron chi connectivity index (χ2n) is 9.19. The zero-order valence-corrected chi connectivity index (χ0v) is 20.1. The maximum Gasteiger partial charge on any atom is 0.451 e. The Balaban J connectivity index is 1.29. The topological polar surface area (TPSA) is 90.9 Å². The maximum absolute atomic E-state index is 13.1. The summed E-state index contributed by atoms with van der Waals surface area (Å²) in [6.07, 6.45) is -0.0163. The Kier molecular flexibility index (Phi) is 6.47. The first kappa shape index (κ1) is 24.3. The molecule has 12 heteroatoms. The number of halogens is 4. The number of carbonyl (C=O) groups excluding carboxylic acids is 1. The van der Waals surface area contributed by atoms with Gasteiger partial charge in [-0.2, -0.15) is 18.4 Å². The molecule has 0 unspecified atom stereocenters. The summed E-state index contributed by atoms with van der Waals surface area (Å²) >= 11 is 6.25. The van der Waals surface area contributed by atoms with Crippen LogP contribution in [0.2, 0.25) is 5.02 Å². The average Bonchev–Trinajstić information content (AvgIpc) is 3.55. The number of hydrogen-bond donors (Lipinski definition) is 0. The molecule has 0 N–H and O–H groups in total. The van der Waals surface area contributed by atoms with Gasteiger partial charge in [-0.05, 0) is 43.4 Å². The van der Waals surface area contributed by atoms with Crippen molar-refractivity contribution in [1.29, 1.82) is 5.26 Å². The van der Waals surface area contributed by atoms with E-state index in [9.17, 15) is 23.2 Å². The van der Waals surface area contributed by atoms with Crippen LogP contribution in [0.5, 0.6) is 0 Å². The van der Waals surface area contributed by atoms with Gasteiger partial charge < -0.3 is 14.4 Å². The maximum atomic E-state index is 13.1. The molecular weight excluding hydrogens is 495 g/mol. The lowest BCUT2D eigenvalue weighted by Gasteiger charge is -2.29. The lowest BCUT2D eigenvalue weighted by Crippen LogP contribution is -2.39. The van der Waals surface area contributed by atoms with E-state index in [1.54, 1.807) is 12.3 Å². The van der Waals surface area contributed by atoms with Crippen LogP contribution in [0.3, 0.4) is 0 Å². The zero-order chi connectivity index (χ0) is 25.4. The number of carbonyl (C=O) groups is 1. The number of anilines is 1. The van der Waals surface area contributed by atoms with Crippen molar-refractivity contribution in [3.05, 3.63) is 46.6 Å². The Labute approximate surface area is 210 Å². The summed E-state index contributed by atoms with van der Waals surface area (Å²) in [7, 11) is 0. The Bertz CT molecular complexity index is 1350. The molecule has 188 valence electrons. The van der Waals surface area contributed by atoms with Crippen LogP contribution >= 0.6 is 11.6 Å². The number of rotatable bonds is 7. The number of pyridine rings is 1. The molecule has 0 saturated heterocycles. The number of aromatic nitrogens is 4. The third-order valence-corrected chi connectivity index (χ3v) is 6.83. The number of alkyl halides is 3. The van der Waals surface area contributed by atoms with Gasteiger partial charge >= 0.3 is 6.18 Å². The molecule has 0 bridgehead atoms. The van der Waals surface area contributed by atoms with Crippen molar-refractivity contribution < 1.29 is 18.0 Å². The van der Waals surface area contributed by atoms with Gasteiger partial charge in [0.2, 0.25) is 11.7 Å². The van der Waals surface area contributed by atoms with Crippen molar-refractivity contribution >= 4 is 34.1 Å². The highest BCUT2D eigenvalue weighted by Crippen LogP contribution is 2.36. The summed E-state index contributed by atoms with van der Waals surface area (Å²) in [5, 5.41) is 18.0. The fourth-order valence-corrected chi connectivity index (χ4v) is 4.81. The van der Waals surface area contributed by atoms with Crippen LogP contribution in [0.15, 0.2) is 24.4 Å². The van der Waals surface area contributed by atoms with Gasteiger partial charge in [0.1, 0.15) is 6.07 Å². The minimum Gasteiger partial charge on any atom is -0.370 e. The highest BCUT2D eigenvalue weighted by molar-refractivity contribution is 6.31. The molecule has 2 aliphatic rings. The van der Waals surface area contributed by atoms with Crippen molar-refractivity contribution in [1.82, 2.24) is 24.6 Å². The summed E-state index contributed by atoms with van der Waals surface area (Å²) in [5.74, 6) is -0.507. The molecule has 2 aromatic heterocycles. The van der Waals surface area contributed by atoms with E-state index in [-0.39, 0.29) is 37.8 Å². The van der Waals surface area contributed by atoms with Crippen molar-refractivity contribution in [2.75, 3.05) is 24.5 Å². The van der Waals surface area contributed by atoms with Crippen molar-refractivity contribution in [2.24, 2.45) is 5.92 Å². The van der Waals surface area contributed by atoms with E-state index in [4.69, 9.17) is 11.6 Å². The van der Waals surface area contributed by atoms with Gasteiger partial charge in [-0.3, -0.25) is 9.78 Å². The molecule has 8 nitrogen and oxygen atoms in total. The summed E-state index contributed by atoms with van der Waals surface area (Å²) in [5.41, 5.74) is 1.96. The van der Waals surface area contributed by atoms with E-state index in [0.717, 1.165) is 40.5 Å². The van der Waals surface area contributed by atoms with Crippen LogP contribution in [0, 0.1) is 17.2 Å². The molecule has 36 heavy (non-hydrogen) atoms. The zero-order valence-electron chi connectivity index (χ0n) is 19.3. The lowest BCUT2D eigenvalue weighted by molar-refractivity contribution is -0.148. The van der Waals surface area contributed by atoms with Crippen LogP contribution in [0.4, 0.5) is 18.9 Å². The van der Waals surface area contributed by atoms with Crippen molar-refractivity contribution in [3.63, 3.8) is 0 Å². The van der Waals surface area contributed by atoms with Crippen LogP contribution in [0.25, 0.3) is 10.9 Å². The fraction of sp³-hybridized carbons (Fsp3) is 0.458. The highest BCUT2D eigenvalue weighted by Gasteiger charge is 2.40. The van der Waals surface area contributed by atoms with Gasteiger partial charge in [0.25, 0.3) is 0 Å². The molecule has 1 aromatic carbocycles. The largest absolute Gasteiger partial charge is 0.451 e. The predicted octanol–water partition coefficient (Wildman–Crippen LogP) is 4.41. The average molecular weight is 518 g/mol. The first-order chi connectivity index (χ1) is 17.2. The van der Waals surface area contributed by atoms with Crippen LogP contribution in [-0.4, -0.2) is 50.2 Å². The Morgan fingerprint density at radius 1 is 1.25 bits per heavy atom. The quantitative estimate of drug-likeness (QED) is 0.461. The summed E-state index contributed by atoms with van der Waals surface area (Å²) in [4.78, 5) is 20.9. The highest BCUT2D eigenvalue weighted by atomic mass is 35.5. The van der Waals surface area contributed by atoms with Crippen molar-refractivity contribution in [3.8, 4) is 6.07 Å². The molecule has 1 saturated carbocycles. The fourth-order valence-electron chi connectivity index (χ4n) is 4.64. The number of fused-ring (bicyclic) bond motifs is 2. The van der Waals surface area contributed by atoms with Crippen LogP contribution < -0.4 is 4.90 Å². The lowest BCUT2D eigenvalue weighted by atomic mass is 10.1. The van der Waals surface area contributed by atoms with E-state index >= 15 is 0 Å². The summed E-state index contributed by atoms with van der Waals surface area (Å²) < 4.78 is 40.3. The minimum absolute atomic E-state index is 0.000225. The molecule has 1 fully saturated rings. The molecule has 1 amide bonds. The van der Waals surface area contributed by atoms with E-state index in [1.165, 1.54) is 4.90 Å². The normalized spacial score (nSPS) is 15.6. The smallest absolute Gasteiger partial charge is 0.370 e. The van der Waals surface area contributed by atoms with Crippen LogP contribution in [0.1, 0.15) is 42.9 Å².